The van der Waals surface area contributed by atoms with Gasteiger partial charge in [0.05, 0.1) is 0 Å². The molecule has 0 bridgehead atoms. The number of nitrogens with one attached hydrogen (secondary N) is 1. The van der Waals surface area contributed by atoms with Crippen LogP contribution in [-0.4, -0.2) is 35.8 Å². The number of amides is 2. The molecule has 1 saturated heterocycles. The van der Waals surface area contributed by atoms with Crippen molar-refractivity contribution in [3.05, 3.63) is 35.9 Å². The molecule has 1 saturated carbocycles. The molecule has 2 aliphatic rings. The van der Waals surface area contributed by atoms with Crippen LogP contribution < -0.4 is 11.1 Å². The molecule has 2 fully saturated rings. The second-order valence-electron chi connectivity index (χ2n) is 5.91. The minimum Gasteiger partial charge on any atom is -0.352 e. The van der Waals surface area contributed by atoms with E-state index in [-0.39, 0.29) is 23.8 Å². The van der Waals surface area contributed by atoms with E-state index in [4.69, 9.17) is 5.73 Å². The monoisotopic (exact) mass is 287 g/mol. The van der Waals surface area contributed by atoms with Gasteiger partial charge in [0.15, 0.2) is 0 Å². The Morgan fingerprint density at radius 1 is 1.24 bits per heavy atom. The van der Waals surface area contributed by atoms with Gasteiger partial charge in [0.1, 0.15) is 6.04 Å². The molecule has 1 aliphatic heterocycles. The summed E-state index contributed by atoms with van der Waals surface area (Å²) in [6.45, 7) is 1.09. The van der Waals surface area contributed by atoms with Gasteiger partial charge in [0.25, 0.3) is 0 Å². The van der Waals surface area contributed by atoms with Crippen molar-refractivity contribution in [2.75, 3.05) is 13.1 Å². The van der Waals surface area contributed by atoms with E-state index in [9.17, 15) is 9.59 Å². The standard InChI is InChI=1S/C16H21N3O2/c17-13-7-6-12(10-13)16(21)19-9-8-18-15(20)14(19)11-4-2-1-3-5-11/h1-5,12-14H,6-10,17H2,(H,18,20). The second-order valence-corrected chi connectivity index (χ2v) is 5.91. The van der Waals surface area contributed by atoms with Crippen LogP contribution in [0.3, 0.4) is 0 Å². The van der Waals surface area contributed by atoms with E-state index >= 15 is 0 Å². The first-order valence-corrected chi connectivity index (χ1v) is 7.55. The lowest BCUT2D eigenvalue weighted by Gasteiger charge is -2.36. The van der Waals surface area contributed by atoms with Gasteiger partial charge in [-0.2, -0.15) is 0 Å². The maximum Gasteiger partial charge on any atom is 0.247 e. The number of carbonyl (C=O) groups is 2. The quantitative estimate of drug-likeness (QED) is 0.845. The summed E-state index contributed by atoms with van der Waals surface area (Å²) in [4.78, 5) is 26.8. The van der Waals surface area contributed by atoms with E-state index < -0.39 is 6.04 Å². The minimum atomic E-state index is -0.510. The first-order chi connectivity index (χ1) is 10.2. The highest BCUT2D eigenvalue weighted by atomic mass is 16.2. The fourth-order valence-corrected chi connectivity index (χ4v) is 3.35. The Labute approximate surface area is 124 Å². The summed E-state index contributed by atoms with van der Waals surface area (Å²) in [6.07, 6.45) is 2.46. The molecule has 0 aromatic heterocycles. The van der Waals surface area contributed by atoms with Gasteiger partial charge in [-0.05, 0) is 24.8 Å². The van der Waals surface area contributed by atoms with Gasteiger partial charge in [-0.1, -0.05) is 30.3 Å². The third kappa shape index (κ3) is 2.78. The molecule has 0 radical (unpaired) electrons. The highest BCUT2D eigenvalue weighted by Gasteiger charge is 2.38. The van der Waals surface area contributed by atoms with Crippen LogP contribution in [0, 0.1) is 5.92 Å². The first-order valence-electron chi connectivity index (χ1n) is 7.55. The van der Waals surface area contributed by atoms with Crippen molar-refractivity contribution in [1.29, 1.82) is 0 Å². The average Bonchev–Trinajstić information content (AvgIpc) is 2.93. The highest BCUT2D eigenvalue weighted by Crippen LogP contribution is 2.31. The van der Waals surface area contributed by atoms with Gasteiger partial charge in [-0.25, -0.2) is 0 Å². The van der Waals surface area contributed by atoms with Crippen LogP contribution in [0.2, 0.25) is 0 Å². The van der Waals surface area contributed by atoms with Crippen LogP contribution in [-0.2, 0) is 9.59 Å². The van der Waals surface area contributed by atoms with Gasteiger partial charge in [-0.15, -0.1) is 0 Å². The average molecular weight is 287 g/mol. The number of nitrogens with two attached hydrogens (primary N) is 1. The molecule has 0 spiro atoms. The molecule has 1 aromatic rings. The normalized spacial score (nSPS) is 29.3. The van der Waals surface area contributed by atoms with Crippen molar-refractivity contribution < 1.29 is 9.59 Å². The maximum atomic E-state index is 12.8. The Bertz CT molecular complexity index is 532. The molecule has 1 heterocycles. The third-order valence-corrected chi connectivity index (χ3v) is 4.43. The van der Waals surface area contributed by atoms with Crippen LogP contribution in [0.1, 0.15) is 30.9 Å². The Morgan fingerprint density at radius 2 is 2.00 bits per heavy atom. The predicted octanol–water partition coefficient (Wildman–Crippen LogP) is 0.814. The summed E-state index contributed by atoms with van der Waals surface area (Å²) in [6, 6.07) is 9.10. The lowest BCUT2D eigenvalue weighted by Crippen LogP contribution is -2.53. The van der Waals surface area contributed by atoms with Crippen molar-refractivity contribution in [2.45, 2.75) is 31.3 Å². The first kappa shape index (κ1) is 14.1. The van der Waals surface area contributed by atoms with Gasteiger partial charge in [0.2, 0.25) is 11.8 Å². The van der Waals surface area contributed by atoms with Crippen molar-refractivity contribution >= 4 is 11.8 Å². The number of benzene rings is 1. The Hall–Kier alpha value is -1.88. The van der Waals surface area contributed by atoms with Crippen LogP contribution in [0.4, 0.5) is 0 Å². The van der Waals surface area contributed by atoms with Gasteiger partial charge in [-0.3, -0.25) is 9.59 Å². The number of carbonyl (C=O) groups excluding carboxylic acids is 2. The van der Waals surface area contributed by atoms with Crippen LogP contribution in [0.15, 0.2) is 30.3 Å². The zero-order chi connectivity index (χ0) is 14.8. The molecule has 3 unspecified atom stereocenters. The van der Waals surface area contributed by atoms with Crippen LogP contribution in [0.5, 0.6) is 0 Å². The summed E-state index contributed by atoms with van der Waals surface area (Å²) in [7, 11) is 0. The zero-order valence-electron chi connectivity index (χ0n) is 12.0. The number of hydrogen-bond donors (Lipinski definition) is 2. The Morgan fingerprint density at radius 3 is 2.67 bits per heavy atom. The molecule has 2 amide bonds. The van der Waals surface area contributed by atoms with Crippen molar-refractivity contribution in [2.24, 2.45) is 11.7 Å². The lowest BCUT2D eigenvalue weighted by molar-refractivity contribution is -0.146. The van der Waals surface area contributed by atoms with E-state index in [1.54, 1.807) is 4.90 Å². The molecule has 1 aliphatic carbocycles. The molecule has 112 valence electrons. The van der Waals surface area contributed by atoms with E-state index in [0.29, 0.717) is 13.1 Å². The van der Waals surface area contributed by atoms with E-state index in [0.717, 1.165) is 24.8 Å². The zero-order valence-corrected chi connectivity index (χ0v) is 12.0. The predicted molar refractivity (Wildman–Crippen MR) is 79.2 cm³/mol. The molecule has 3 rings (SSSR count). The molecule has 3 atom stereocenters. The summed E-state index contributed by atoms with van der Waals surface area (Å²) in [5.41, 5.74) is 6.78. The smallest absolute Gasteiger partial charge is 0.247 e. The number of rotatable bonds is 2. The van der Waals surface area contributed by atoms with E-state index in [1.165, 1.54) is 0 Å². The van der Waals surface area contributed by atoms with Crippen molar-refractivity contribution in [1.82, 2.24) is 10.2 Å². The topological polar surface area (TPSA) is 75.4 Å². The fourth-order valence-electron chi connectivity index (χ4n) is 3.35. The Kier molecular flexibility index (Phi) is 3.92. The Balaban J connectivity index is 1.84. The third-order valence-electron chi connectivity index (χ3n) is 4.43. The molecule has 5 nitrogen and oxygen atoms in total. The molecule has 5 heteroatoms. The lowest BCUT2D eigenvalue weighted by atomic mass is 9.98. The summed E-state index contributed by atoms with van der Waals surface area (Å²) in [5, 5.41) is 2.86. The van der Waals surface area contributed by atoms with E-state index in [2.05, 4.69) is 5.32 Å². The van der Waals surface area contributed by atoms with Crippen LogP contribution in [0.25, 0.3) is 0 Å². The minimum absolute atomic E-state index is 0.0305. The van der Waals surface area contributed by atoms with Crippen LogP contribution >= 0.6 is 0 Å². The number of piperazine rings is 1. The van der Waals surface area contributed by atoms with Gasteiger partial charge < -0.3 is 16.0 Å². The maximum absolute atomic E-state index is 12.8. The molecular formula is C16H21N3O2. The SMILES string of the molecule is NC1CCC(C(=O)N2CCNC(=O)C2c2ccccc2)C1. The molecule has 1 aromatic carbocycles. The summed E-state index contributed by atoms with van der Waals surface area (Å²) < 4.78 is 0. The molecular weight excluding hydrogens is 266 g/mol. The molecule has 21 heavy (non-hydrogen) atoms. The highest BCUT2D eigenvalue weighted by molar-refractivity contribution is 5.90. The van der Waals surface area contributed by atoms with Crippen molar-refractivity contribution in [3.63, 3.8) is 0 Å². The fraction of sp³-hybridized carbons (Fsp3) is 0.500. The van der Waals surface area contributed by atoms with Gasteiger partial charge >= 0.3 is 0 Å². The van der Waals surface area contributed by atoms with E-state index in [1.807, 2.05) is 30.3 Å². The summed E-state index contributed by atoms with van der Waals surface area (Å²) in [5.74, 6) is -0.0492. The number of hydrogen-bond acceptors (Lipinski definition) is 3. The van der Waals surface area contributed by atoms with Crippen molar-refractivity contribution in [3.8, 4) is 0 Å². The number of nitrogens with zero attached hydrogens (tertiary/aromatic N) is 1. The second kappa shape index (κ2) is 5.85. The summed E-state index contributed by atoms with van der Waals surface area (Å²) >= 11 is 0. The molecule has 3 N–H and O–H groups in total. The largest absolute Gasteiger partial charge is 0.352 e. The van der Waals surface area contributed by atoms with Gasteiger partial charge in [0, 0.05) is 25.0 Å².